The molecule has 1 amide bonds. The number of nitrogens with one attached hydrogen (secondary N) is 1. The molecule has 0 bridgehead atoms. The van der Waals surface area contributed by atoms with Crippen molar-refractivity contribution in [2.24, 2.45) is 5.41 Å². The van der Waals surface area contributed by atoms with Crippen LogP contribution in [0.25, 0.3) is 0 Å². The first-order chi connectivity index (χ1) is 24.0. The Morgan fingerprint density at radius 2 is 1.38 bits per heavy atom. The number of hydrogen-bond acceptors (Lipinski definition) is 4. The Balaban J connectivity index is 1.41. The van der Waals surface area contributed by atoms with Crippen molar-refractivity contribution in [3.63, 3.8) is 0 Å². The molecule has 1 aliphatic rings. The van der Waals surface area contributed by atoms with Crippen LogP contribution in [0.2, 0.25) is 5.02 Å². The third-order valence-corrected chi connectivity index (χ3v) is 9.52. The zero-order chi connectivity index (χ0) is 35.3. The first kappa shape index (κ1) is 35.1. The Morgan fingerprint density at radius 3 is 1.92 bits per heavy atom. The summed E-state index contributed by atoms with van der Waals surface area (Å²) in [5, 5.41) is 14.3. The molecule has 2 N–H and O–H groups in total. The molecule has 1 heterocycles. The molecule has 2 atom stereocenters. The molecule has 0 fully saturated rings. The van der Waals surface area contributed by atoms with Crippen molar-refractivity contribution in [3.8, 4) is 0 Å². The average molecular weight is 687 g/mol. The van der Waals surface area contributed by atoms with Gasteiger partial charge in [0.15, 0.2) is 0 Å². The van der Waals surface area contributed by atoms with E-state index in [1.165, 1.54) is 0 Å². The van der Waals surface area contributed by atoms with Gasteiger partial charge in [-0.25, -0.2) is 0 Å². The Hall–Kier alpha value is -4.75. The Bertz CT molecular complexity index is 1830. The van der Waals surface area contributed by atoms with Gasteiger partial charge in [-0.2, -0.15) is 0 Å². The van der Waals surface area contributed by atoms with Gasteiger partial charge < -0.3 is 14.7 Å². The fraction of sp³-hybridized carbons (Fsp3) is 0.256. The monoisotopic (exact) mass is 686 g/mol. The summed E-state index contributed by atoms with van der Waals surface area (Å²) in [5.41, 5.74) is 5.82. The van der Waals surface area contributed by atoms with Crippen LogP contribution in [0.5, 0.6) is 0 Å². The third kappa shape index (κ3) is 7.68. The van der Waals surface area contributed by atoms with E-state index < -0.39 is 30.1 Å². The largest absolute Gasteiger partial charge is 0.481 e. The molecule has 0 aromatic heterocycles. The van der Waals surface area contributed by atoms with Crippen LogP contribution in [0, 0.1) is 5.41 Å². The summed E-state index contributed by atoms with van der Waals surface area (Å²) in [7, 11) is 0. The normalized spacial score (nSPS) is 16.5. The molecular formula is C43H43ClN2O4. The van der Waals surface area contributed by atoms with Crippen LogP contribution in [-0.2, 0) is 26.4 Å². The highest BCUT2D eigenvalue weighted by molar-refractivity contribution is 6.30. The molecule has 2 unspecified atom stereocenters. The zero-order valence-corrected chi connectivity index (χ0v) is 29.4. The maximum atomic E-state index is 14.0. The lowest BCUT2D eigenvalue weighted by Gasteiger charge is -2.37. The molecule has 6 nitrogen and oxygen atoms in total. The number of aliphatic carboxylic acids is 1. The van der Waals surface area contributed by atoms with Gasteiger partial charge >= 0.3 is 5.97 Å². The quantitative estimate of drug-likeness (QED) is 0.136. The molecule has 6 rings (SSSR count). The first-order valence-corrected chi connectivity index (χ1v) is 17.4. The highest BCUT2D eigenvalue weighted by atomic mass is 35.5. The van der Waals surface area contributed by atoms with E-state index >= 15 is 0 Å². The van der Waals surface area contributed by atoms with Crippen LogP contribution in [-0.4, -0.2) is 29.6 Å². The SMILES string of the molecule is CC(C)(C)CCN1C(=O)C(CC(=O)O)OC(c2cccc(CNC(c3ccccc3)(c3ccccc3)c3ccccc3)c2)c2cc(Cl)ccc21. The lowest BCUT2D eigenvalue weighted by molar-refractivity contribution is -0.146. The topological polar surface area (TPSA) is 78.9 Å². The predicted octanol–water partition coefficient (Wildman–Crippen LogP) is 9.15. The summed E-state index contributed by atoms with van der Waals surface area (Å²) in [6.45, 7) is 7.28. The van der Waals surface area contributed by atoms with Gasteiger partial charge in [-0.05, 0) is 57.9 Å². The average Bonchev–Trinajstić information content (AvgIpc) is 3.22. The molecule has 50 heavy (non-hydrogen) atoms. The summed E-state index contributed by atoms with van der Waals surface area (Å²) in [4.78, 5) is 27.7. The van der Waals surface area contributed by atoms with Gasteiger partial charge in [-0.3, -0.25) is 14.9 Å². The second-order valence-corrected chi connectivity index (χ2v) is 14.5. The van der Waals surface area contributed by atoms with Crippen LogP contribution >= 0.6 is 11.6 Å². The van der Waals surface area contributed by atoms with E-state index in [4.69, 9.17) is 16.3 Å². The minimum atomic E-state index is -1.17. The number of amides is 1. The summed E-state index contributed by atoms with van der Waals surface area (Å²) in [6, 6.07) is 44.8. The molecule has 0 saturated carbocycles. The predicted molar refractivity (Wildman–Crippen MR) is 199 cm³/mol. The van der Waals surface area contributed by atoms with E-state index in [0.29, 0.717) is 23.8 Å². The highest BCUT2D eigenvalue weighted by Crippen LogP contribution is 2.41. The molecule has 0 aliphatic carbocycles. The molecule has 5 aromatic carbocycles. The summed E-state index contributed by atoms with van der Waals surface area (Å²) in [5.74, 6) is -1.46. The van der Waals surface area contributed by atoms with Gasteiger partial charge in [0.05, 0.1) is 12.0 Å². The molecule has 0 radical (unpaired) electrons. The Morgan fingerprint density at radius 1 is 0.800 bits per heavy atom. The standard InChI is InChI=1S/C43H43ClN2O4/c1-42(2,3)24-25-46-37-23-22-35(44)27-36(37)40(50-38(41(46)49)28-39(47)48)31-15-13-14-30(26-31)29-45-43(32-16-7-4-8-17-32,33-18-9-5-10-19-33)34-20-11-6-12-21-34/h4-23,26-27,38,40,45H,24-25,28-29H2,1-3H3,(H,47,48). The van der Waals surface area contributed by atoms with E-state index in [9.17, 15) is 14.7 Å². The fourth-order valence-corrected chi connectivity index (χ4v) is 6.95. The smallest absolute Gasteiger partial charge is 0.306 e. The van der Waals surface area contributed by atoms with Gasteiger partial charge in [-0.15, -0.1) is 0 Å². The molecule has 5 aromatic rings. The highest BCUT2D eigenvalue weighted by Gasteiger charge is 2.39. The van der Waals surface area contributed by atoms with Crippen molar-refractivity contribution in [3.05, 3.63) is 172 Å². The van der Waals surface area contributed by atoms with Crippen molar-refractivity contribution >= 4 is 29.2 Å². The van der Waals surface area contributed by atoms with Crippen molar-refractivity contribution in [2.45, 2.75) is 57.9 Å². The fourth-order valence-electron chi connectivity index (χ4n) is 6.77. The number of halogens is 1. The first-order valence-electron chi connectivity index (χ1n) is 17.0. The van der Waals surface area contributed by atoms with Crippen LogP contribution in [0.1, 0.15) is 73.1 Å². The Labute approximate surface area is 299 Å². The van der Waals surface area contributed by atoms with Crippen molar-refractivity contribution in [2.75, 3.05) is 11.4 Å². The molecule has 1 aliphatic heterocycles. The number of anilines is 1. The van der Waals surface area contributed by atoms with Crippen LogP contribution in [0.4, 0.5) is 5.69 Å². The summed E-state index contributed by atoms with van der Waals surface area (Å²) in [6.07, 6.45) is -1.62. The number of nitrogens with zero attached hydrogens (tertiary/aromatic N) is 1. The number of benzene rings is 5. The van der Waals surface area contributed by atoms with Crippen LogP contribution < -0.4 is 10.2 Å². The second kappa shape index (κ2) is 15.0. The van der Waals surface area contributed by atoms with Gasteiger partial charge in [-0.1, -0.05) is 148 Å². The lowest BCUT2D eigenvalue weighted by atomic mass is 9.77. The maximum Gasteiger partial charge on any atom is 0.306 e. The van der Waals surface area contributed by atoms with Crippen molar-refractivity contribution < 1.29 is 19.4 Å². The third-order valence-electron chi connectivity index (χ3n) is 9.28. The number of carboxylic acid groups (broad SMARTS) is 1. The number of fused-ring (bicyclic) bond motifs is 1. The van der Waals surface area contributed by atoms with Gasteiger partial charge in [0, 0.05) is 29.4 Å². The molecule has 7 heteroatoms. The van der Waals surface area contributed by atoms with Gasteiger partial charge in [0.25, 0.3) is 5.91 Å². The number of rotatable bonds is 11. The molecular weight excluding hydrogens is 644 g/mol. The Kier molecular flexibility index (Phi) is 10.5. The van der Waals surface area contributed by atoms with Crippen LogP contribution in [0.3, 0.4) is 0 Å². The van der Waals surface area contributed by atoms with E-state index in [0.717, 1.165) is 39.8 Å². The number of carbonyl (C=O) groups is 2. The molecule has 0 saturated heterocycles. The molecule has 256 valence electrons. The number of carboxylic acids is 1. The van der Waals surface area contributed by atoms with E-state index in [-0.39, 0.29) is 11.3 Å². The number of hydrogen-bond donors (Lipinski definition) is 2. The van der Waals surface area contributed by atoms with E-state index in [2.05, 4.69) is 111 Å². The number of ether oxygens (including phenoxy) is 1. The maximum absolute atomic E-state index is 14.0. The van der Waals surface area contributed by atoms with Crippen molar-refractivity contribution in [1.82, 2.24) is 5.32 Å². The summed E-state index contributed by atoms with van der Waals surface area (Å²) >= 11 is 6.58. The molecule has 0 spiro atoms. The van der Waals surface area contributed by atoms with Gasteiger partial charge in [0.2, 0.25) is 0 Å². The van der Waals surface area contributed by atoms with E-state index in [1.807, 2.05) is 42.5 Å². The lowest BCUT2D eigenvalue weighted by Crippen LogP contribution is -2.44. The van der Waals surface area contributed by atoms with Crippen molar-refractivity contribution in [1.29, 1.82) is 0 Å². The second-order valence-electron chi connectivity index (χ2n) is 14.1. The minimum absolute atomic E-state index is 0.0441. The number of carbonyl (C=O) groups excluding carboxylic acids is 1. The summed E-state index contributed by atoms with van der Waals surface area (Å²) < 4.78 is 6.52. The van der Waals surface area contributed by atoms with Gasteiger partial charge in [0.1, 0.15) is 12.2 Å². The zero-order valence-electron chi connectivity index (χ0n) is 28.7. The van der Waals surface area contributed by atoms with E-state index in [1.54, 1.807) is 11.0 Å². The van der Waals surface area contributed by atoms with Crippen LogP contribution in [0.15, 0.2) is 133 Å². The minimum Gasteiger partial charge on any atom is -0.481 e.